The number of hydrogen-bond acceptors (Lipinski definition) is 3. The van der Waals surface area contributed by atoms with Crippen molar-refractivity contribution in [1.29, 1.82) is 0 Å². The third-order valence-electron chi connectivity index (χ3n) is 3.04. The van der Waals surface area contributed by atoms with Crippen molar-refractivity contribution in [3.8, 4) is 0 Å². The van der Waals surface area contributed by atoms with Crippen LogP contribution in [-0.4, -0.2) is 22.3 Å². The Balaban J connectivity index is 1.83. The first-order chi connectivity index (χ1) is 8.74. The van der Waals surface area contributed by atoms with Gasteiger partial charge in [0.2, 0.25) is 0 Å². The largest absolute Gasteiger partial charge is 0.333 e. The Labute approximate surface area is 114 Å². The number of aromatic nitrogens is 1. The zero-order valence-corrected chi connectivity index (χ0v) is 11.2. The van der Waals surface area contributed by atoms with E-state index in [-0.39, 0.29) is 5.91 Å². The number of rotatable bonds is 1. The van der Waals surface area contributed by atoms with Gasteiger partial charge in [0.05, 0.1) is 0 Å². The molecular weight excluding hydrogens is 268 g/mol. The van der Waals surface area contributed by atoms with E-state index in [9.17, 15) is 4.79 Å². The number of hydrogen-bond donors (Lipinski definition) is 0. The molecule has 0 radical (unpaired) electrons. The smallest absolute Gasteiger partial charge is 0.272 e. The Morgan fingerprint density at radius 2 is 2.33 bits per heavy atom. The first kappa shape index (κ1) is 11.7. The Morgan fingerprint density at radius 1 is 1.44 bits per heavy atom. The second kappa shape index (κ2) is 4.71. The molecule has 0 bridgehead atoms. The Morgan fingerprint density at radius 3 is 3.17 bits per heavy atom. The summed E-state index contributed by atoms with van der Waals surface area (Å²) < 4.78 is 0. The first-order valence-corrected chi connectivity index (χ1v) is 6.96. The van der Waals surface area contributed by atoms with Crippen LogP contribution >= 0.6 is 22.9 Å². The Bertz CT molecular complexity index is 596. The minimum atomic E-state index is -0.0469. The third kappa shape index (κ3) is 2.13. The van der Waals surface area contributed by atoms with Gasteiger partial charge in [-0.15, -0.1) is 11.3 Å². The molecule has 0 fully saturated rings. The van der Waals surface area contributed by atoms with E-state index in [1.165, 1.54) is 10.4 Å². The van der Waals surface area contributed by atoms with E-state index in [2.05, 4.69) is 16.4 Å². The lowest BCUT2D eigenvalue weighted by Gasteiger charge is -2.26. The lowest BCUT2D eigenvalue weighted by Crippen LogP contribution is -2.35. The van der Waals surface area contributed by atoms with Gasteiger partial charge in [-0.25, -0.2) is 0 Å². The molecule has 3 nitrogen and oxygen atoms in total. The molecular formula is C13H11ClN2OS. The van der Waals surface area contributed by atoms with E-state index in [1.54, 1.807) is 29.7 Å². The van der Waals surface area contributed by atoms with Crippen molar-refractivity contribution in [2.45, 2.75) is 13.0 Å². The van der Waals surface area contributed by atoms with Crippen LogP contribution in [0.15, 0.2) is 29.8 Å². The van der Waals surface area contributed by atoms with Crippen LogP contribution in [0.5, 0.6) is 0 Å². The zero-order chi connectivity index (χ0) is 12.5. The molecule has 3 rings (SSSR count). The van der Waals surface area contributed by atoms with Crippen molar-refractivity contribution in [3.05, 3.63) is 50.9 Å². The summed E-state index contributed by atoms with van der Waals surface area (Å²) in [5.74, 6) is -0.0469. The van der Waals surface area contributed by atoms with Crippen LogP contribution in [0.25, 0.3) is 0 Å². The normalized spacial score (nSPS) is 14.4. The Hall–Kier alpha value is -1.39. The van der Waals surface area contributed by atoms with E-state index in [4.69, 9.17) is 11.6 Å². The Kier molecular flexibility index (Phi) is 3.06. The molecule has 1 aliphatic heterocycles. The molecule has 0 aromatic carbocycles. The fraction of sp³-hybridized carbons (Fsp3) is 0.231. The van der Waals surface area contributed by atoms with Gasteiger partial charge in [-0.05, 0) is 35.6 Å². The summed E-state index contributed by atoms with van der Waals surface area (Å²) in [5, 5.41) is 2.62. The van der Waals surface area contributed by atoms with Gasteiger partial charge in [0, 0.05) is 29.2 Å². The predicted octanol–water partition coefficient (Wildman–Crippen LogP) is 3.00. The van der Waals surface area contributed by atoms with Gasteiger partial charge >= 0.3 is 0 Å². The van der Waals surface area contributed by atoms with Crippen LogP contribution in [0.4, 0.5) is 0 Å². The highest BCUT2D eigenvalue weighted by molar-refractivity contribution is 7.10. The molecule has 3 heterocycles. The standard InChI is InChI=1S/C13H11ClN2OS/c14-10-1-4-15-11(7-10)13(17)16-5-2-12-9(8-16)3-6-18-12/h1,3-4,6-7H,2,5,8H2. The van der Waals surface area contributed by atoms with Crippen molar-refractivity contribution >= 4 is 28.8 Å². The van der Waals surface area contributed by atoms with Crippen molar-refractivity contribution in [2.24, 2.45) is 0 Å². The third-order valence-corrected chi connectivity index (χ3v) is 4.29. The van der Waals surface area contributed by atoms with Crippen LogP contribution in [0.1, 0.15) is 20.9 Å². The highest BCUT2D eigenvalue weighted by Crippen LogP contribution is 2.25. The maximum atomic E-state index is 12.3. The molecule has 0 atom stereocenters. The molecule has 0 spiro atoms. The highest BCUT2D eigenvalue weighted by Gasteiger charge is 2.23. The summed E-state index contributed by atoms with van der Waals surface area (Å²) in [6, 6.07) is 5.38. The van der Waals surface area contributed by atoms with E-state index in [1.807, 2.05) is 4.90 Å². The summed E-state index contributed by atoms with van der Waals surface area (Å²) in [5.41, 5.74) is 1.67. The number of carbonyl (C=O) groups is 1. The van der Waals surface area contributed by atoms with Crippen LogP contribution in [0, 0.1) is 0 Å². The molecule has 2 aromatic rings. The average Bonchev–Trinajstić information content (AvgIpc) is 2.85. The quantitative estimate of drug-likeness (QED) is 0.803. The number of carbonyl (C=O) groups excluding carboxylic acids is 1. The molecule has 2 aromatic heterocycles. The predicted molar refractivity (Wildman–Crippen MR) is 72.0 cm³/mol. The highest BCUT2D eigenvalue weighted by atomic mass is 35.5. The number of nitrogens with zero attached hydrogens (tertiary/aromatic N) is 2. The lowest BCUT2D eigenvalue weighted by atomic mass is 10.1. The average molecular weight is 279 g/mol. The van der Waals surface area contributed by atoms with Gasteiger partial charge in [-0.1, -0.05) is 11.6 Å². The van der Waals surface area contributed by atoms with Gasteiger partial charge in [0.15, 0.2) is 0 Å². The van der Waals surface area contributed by atoms with Crippen molar-refractivity contribution in [1.82, 2.24) is 9.88 Å². The SMILES string of the molecule is O=C(c1cc(Cl)ccn1)N1CCc2sccc2C1. The van der Waals surface area contributed by atoms with Crippen LogP contribution in [-0.2, 0) is 13.0 Å². The molecule has 1 amide bonds. The van der Waals surface area contributed by atoms with Crippen LogP contribution < -0.4 is 0 Å². The van der Waals surface area contributed by atoms with Crippen molar-refractivity contribution in [2.75, 3.05) is 6.54 Å². The number of amides is 1. The summed E-state index contributed by atoms with van der Waals surface area (Å²) in [6.07, 6.45) is 2.49. The molecule has 5 heteroatoms. The van der Waals surface area contributed by atoms with E-state index < -0.39 is 0 Å². The molecule has 18 heavy (non-hydrogen) atoms. The second-order valence-electron chi connectivity index (χ2n) is 4.21. The molecule has 0 unspecified atom stereocenters. The lowest BCUT2D eigenvalue weighted by molar-refractivity contribution is 0.0730. The molecule has 0 N–H and O–H groups in total. The summed E-state index contributed by atoms with van der Waals surface area (Å²) in [6.45, 7) is 1.42. The number of pyridine rings is 1. The monoisotopic (exact) mass is 278 g/mol. The first-order valence-electron chi connectivity index (χ1n) is 5.70. The van der Waals surface area contributed by atoms with Gasteiger partial charge in [-0.3, -0.25) is 9.78 Å². The number of thiophene rings is 1. The fourth-order valence-corrected chi connectivity index (χ4v) is 3.15. The fourth-order valence-electron chi connectivity index (χ4n) is 2.11. The minimum Gasteiger partial charge on any atom is -0.333 e. The van der Waals surface area contributed by atoms with Crippen molar-refractivity contribution in [3.63, 3.8) is 0 Å². The topological polar surface area (TPSA) is 33.2 Å². The molecule has 1 aliphatic rings. The van der Waals surface area contributed by atoms with Gasteiger partial charge < -0.3 is 4.90 Å². The molecule has 0 aliphatic carbocycles. The molecule has 0 saturated heterocycles. The van der Waals surface area contributed by atoms with Gasteiger partial charge in [0.1, 0.15) is 5.69 Å². The maximum absolute atomic E-state index is 12.3. The van der Waals surface area contributed by atoms with Crippen molar-refractivity contribution < 1.29 is 4.79 Å². The van der Waals surface area contributed by atoms with Gasteiger partial charge in [0.25, 0.3) is 5.91 Å². The number of halogens is 1. The zero-order valence-electron chi connectivity index (χ0n) is 9.60. The minimum absolute atomic E-state index is 0.0469. The summed E-state index contributed by atoms with van der Waals surface area (Å²) >= 11 is 7.65. The van der Waals surface area contributed by atoms with Crippen LogP contribution in [0.2, 0.25) is 5.02 Å². The second-order valence-corrected chi connectivity index (χ2v) is 5.64. The summed E-state index contributed by atoms with van der Waals surface area (Å²) in [4.78, 5) is 19.6. The maximum Gasteiger partial charge on any atom is 0.272 e. The molecule has 92 valence electrons. The molecule has 0 saturated carbocycles. The van der Waals surface area contributed by atoms with E-state index in [0.717, 1.165) is 13.0 Å². The van der Waals surface area contributed by atoms with E-state index >= 15 is 0 Å². The van der Waals surface area contributed by atoms with Crippen LogP contribution in [0.3, 0.4) is 0 Å². The van der Waals surface area contributed by atoms with Gasteiger partial charge in [-0.2, -0.15) is 0 Å². The number of fused-ring (bicyclic) bond motifs is 1. The summed E-state index contributed by atoms with van der Waals surface area (Å²) in [7, 11) is 0. The van der Waals surface area contributed by atoms with E-state index in [0.29, 0.717) is 17.3 Å².